The van der Waals surface area contributed by atoms with Crippen LogP contribution in [0.4, 0.5) is 10.1 Å². The predicted octanol–water partition coefficient (Wildman–Crippen LogP) is 4.05. The van der Waals surface area contributed by atoms with Crippen LogP contribution in [0.15, 0.2) is 78.2 Å². The summed E-state index contributed by atoms with van der Waals surface area (Å²) in [6.45, 7) is 0. The van der Waals surface area contributed by atoms with Gasteiger partial charge >= 0.3 is 0 Å². The molecular weight excluding hydrogens is 433 g/mol. The molecule has 0 unspecified atom stereocenters. The van der Waals surface area contributed by atoms with Crippen molar-refractivity contribution in [1.29, 1.82) is 0 Å². The Hall–Kier alpha value is -3.50. The maximum atomic E-state index is 13.3. The summed E-state index contributed by atoms with van der Waals surface area (Å²) in [6.07, 6.45) is 4.97. The number of sulfonamides is 1. The predicted molar refractivity (Wildman–Crippen MR) is 108 cm³/mol. The Balaban J connectivity index is 1.44. The van der Waals surface area contributed by atoms with E-state index in [-0.39, 0.29) is 15.8 Å². The van der Waals surface area contributed by atoms with Crippen LogP contribution in [-0.4, -0.2) is 28.2 Å². The van der Waals surface area contributed by atoms with Gasteiger partial charge in [0.1, 0.15) is 17.9 Å². The zero-order valence-corrected chi connectivity index (χ0v) is 16.7. The van der Waals surface area contributed by atoms with Gasteiger partial charge in [-0.25, -0.2) is 17.8 Å². The van der Waals surface area contributed by atoms with Crippen molar-refractivity contribution in [2.75, 3.05) is 4.72 Å². The van der Waals surface area contributed by atoms with Crippen molar-refractivity contribution in [3.05, 3.63) is 84.2 Å². The Morgan fingerprint density at radius 2 is 1.83 bits per heavy atom. The number of imidazole rings is 1. The van der Waals surface area contributed by atoms with E-state index in [1.807, 2.05) is 0 Å². The zero-order chi connectivity index (χ0) is 21.1. The van der Waals surface area contributed by atoms with Crippen LogP contribution in [0, 0.1) is 5.82 Å². The van der Waals surface area contributed by atoms with E-state index in [9.17, 15) is 12.8 Å². The van der Waals surface area contributed by atoms with Crippen molar-refractivity contribution in [1.82, 2.24) is 19.7 Å². The monoisotopic (exact) mass is 445 g/mol. The number of rotatable bonds is 6. The fourth-order valence-electron chi connectivity index (χ4n) is 2.47. The topological polar surface area (TPSA) is 99.0 Å². The lowest BCUT2D eigenvalue weighted by molar-refractivity contribution is 0.454. The molecule has 2 aromatic heterocycles. The van der Waals surface area contributed by atoms with Crippen LogP contribution >= 0.6 is 11.6 Å². The maximum absolute atomic E-state index is 13.3. The zero-order valence-electron chi connectivity index (χ0n) is 15.1. The fraction of sp³-hybridized carbons (Fsp3) is 0. The molecule has 0 spiro atoms. The molecule has 0 aliphatic rings. The molecule has 2 aromatic carbocycles. The Morgan fingerprint density at radius 3 is 2.47 bits per heavy atom. The lowest BCUT2D eigenvalue weighted by atomic mass is 10.3. The second-order valence-corrected chi connectivity index (χ2v) is 8.10. The Bertz CT molecular complexity index is 1260. The highest BCUT2D eigenvalue weighted by Gasteiger charge is 2.16. The van der Waals surface area contributed by atoms with E-state index >= 15 is 0 Å². The number of hydrogen-bond donors (Lipinski definition) is 1. The van der Waals surface area contributed by atoms with Gasteiger partial charge in [0.2, 0.25) is 5.88 Å². The molecule has 8 nitrogen and oxygen atoms in total. The Morgan fingerprint density at radius 1 is 1.03 bits per heavy atom. The average molecular weight is 446 g/mol. The van der Waals surface area contributed by atoms with Crippen molar-refractivity contribution in [2.24, 2.45) is 0 Å². The van der Waals surface area contributed by atoms with Crippen LogP contribution in [0.25, 0.3) is 5.82 Å². The molecule has 0 saturated heterocycles. The minimum absolute atomic E-state index is 0.150. The van der Waals surface area contributed by atoms with Gasteiger partial charge in [-0.05, 0) is 48.5 Å². The second kappa shape index (κ2) is 8.09. The highest BCUT2D eigenvalue weighted by Crippen LogP contribution is 2.25. The van der Waals surface area contributed by atoms with E-state index < -0.39 is 15.8 Å². The van der Waals surface area contributed by atoms with Gasteiger partial charge in [-0.1, -0.05) is 11.6 Å². The lowest BCUT2D eigenvalue weighted by Gasteiger charge is -2.10. The van der Waals surface area contributed by atoms with Gasteiger partial charge in [0.25, 0.3) is 10.0 Å². The summed E-state index contributed by atoms with van der Waals surface area (Å²) in [6, 6.07) is 12.7. The van der Waals surface area contributed by atoms with Crippen LogP contribution in [0.2, 0.25) is 5.02 Å². The minimum atomic E-state index is -3.92. The molecule has 1 N–H and O–H groups in total. The number of anilines is 1. The van der Waals surface area contributed by atoms with Crippen molar-refractivity contribution >= 4 is 27.3 Å². The van der Waals surface area contributed by atoms with Crippen LogP contribution in [-0.2, 0) is 10.0 Å². The average Bonchev–Trinajstić information content (AvgIpc) is 3.27. The molecule has 2 heterocycles. The molecule has 0 atom stereocenters. The first-order valence-corrected chi connectivity index (χ1v) is 10.3. The first-order valence-electron chi connectivity index (χ1n) is 8.48. The van der Waals surface area contributed by atoms with Crippen molar-refractivity contribution in [3.8, 4) is 17.4 Å². The summed E-state index contributed by atoms with van der Waals surface area (Å²) in [5.74, 6) is 0.601. The van der Waals surface area contributed by atoms with E-state index in [1.54, 1.807) is 47.6 Å². The molecule has 0 fully saturated rings. The van der Waals surface area contributed by atoms with Gasteiger partial charge in [0.15, 0.2) is 5.82 Å². The minimum Gasteiger partial charge on any atom is -0.438 e. The Labute approximate surface area is 176 Å². The van der Waals surface area contributed by atoms with E-state index in [2.05, 4.69) is 19.9 Å². The summed E-state index contributed by atoms with van der Waals surface area (Å²) in [5, 5.41) is 7.76. The largest absolute Gasteiger partial charge is 0.438 e. The number of nitrogens with one attached hydrogen (secondary N) is 1. The van der Waals surface area contributed by atoms with E-state index in [4.69, 9.17) is 16.3 Å². The van der Waals surface area contributed by atoms with Crippen molar-refractivity contribution in [2.45, 2.75) is 4.90 Å². The molecule has 4 aromatic rings. The number of ether oxygens (including phenoxy) is 1. The molecular formula is C19H13ClFN5O3S. The van der Waals surface area contributed by atoms with E-state index in [0.29, 0.717) is 17.3 Å². The lowest BCUT2D eigenvalue weighted by Crippen LogP contribution is -2.13. The highest BCUT2D eigenvalue weighted by molar-refractivity contribution is 7.92. The first-order chi connectivity index (χ1) is 14.4. The summed E-state index contributed by atoms with van der Waals surface area (Å²) in [7, 11) is -3.92. The molecule has 4 rings (SSSR count). The third kappa shape index (κ3) is 4.39. The number of benzene rings is 2. The third-order valence-corrected chi connectivity index (χ3v) is 5.59. The van der Waals surface area contributed by atoms with E-state index in [1.165, 1.54) is 12.1 Å². The van der Waals surface area contributed by atoms with Crippen LogP contribution in [0.1, 0.15) is 0 Å². The normalized spacial score (nSPS) is 11.3. The summed E-state index contributed by atoms with van der Waals surface area (Å²) in [4.78, 5) is 3.79. The highest BCUT2D eigenvalue weighted by atomic mass is 35.5. The van der Waals surface area contributed by atoms with Gasteiger partial charge in [0, 0.05) is 24.1 Å². The molecule has 0 aliphatic heterocycles. The number of halogens is 2. The SMILES string of the molecule is O=S(=O)(Nc1ccc(Oc2ccc(-n3ccnc3)nn2)cc1)c1ccc(F)c(Cl)c1. The summed E-state index contributed by atoms with van der Waals surface area (Å²) < 4.78 is 47.8. The number of nitrogens with zero attached hydrogens (tertiary/aromatic N) is 4. The number of aromatic nitrogens is 4. The van der Waals surface area contributed by atoms with Gasteiger partial charge in [-0.15, -0.1) is 10.2 Å². The van der Waals surface area contributed by atoms with Crippen LogP contribution < -0.4 is 9.46 Å². The smallest absolute Gasteiger partial charge is 0.261 e. The Kier molecular flexibility index (Phi) is 5.34. The third-order valence-electron chi connectivity index (χ3n) is 3.93. The molecule has 0 amide bonds. The standard InChI is InChI=1S/C19H13ClFN5O3S/c20-16-11-15(5-6-17(16)21)30(27,28)25-13-1-3-14(4-2-13)29-19-8-7-18(23-24-19)26-10-9-22-12-26/h1-12,25H. The molecule has 152 valence electrons. The molecule has 0 bridgehead atoms. The first kappa shape index (κ1) is 19.8. The van der Waals surface area contributed by atoms with Crippen molar-refractivity contribution < 1.29 is 17.5 Å². The van der Waals surface area contributed by atoms with Gasteiger partial charge in [0.05, 0.1) is 9.92 Å². The van der Waals surface area contributed by atoms with Crippen LogP contribution in [0.3, 0.4) is 0 Å². The molecule has 0 aliphatic carbocycles. The molecule has 11 heteroatoms. The van der Waals surface area contributed by atoms with Crippen molar-refractivity contribution in [3.63, 3.8) is 0 Å². The van der Waals surface area contributed by atoms with Gasteiger partial charge < -0.3 is 4.74 Å². The summed E-state index contributed by atoms with van der Waals surface area (Å²) >= 11 is 5.66. The fourth-order valence-corrected chi connectivity index (χ4v) is 3.80. The summed E-state index contributed by atoms with van der Waals surface area (Å²) in [5.41, 5.74) is 0.296. The maximum Gasteiger partial charge on any atom is 0.261 e. The number of hydrogen-bond acceptors (Lipinski definition) is 6. The van der Waals surface area contributed by atoms with Crippen LogP contribution in [0.5, 0.6) is 11.6 Å². The molecule has 30 heavy (non-hydrogen) atoms. The molecule has 0 radical (unpaired) electrons. The quantitative estimate of drug-likeness (QED) is 0.480. The van der Waals surface area contributed by atoms with Gasteiger partial charge in [-0.2, -0.15) is 0 Å². The molecule has 0 saturated carbocycles. The van der Waals surface area contributed by atoms with Gasteiger partial charge in [-0.3, -0.25) is 9.29 Å². The van der Waals surface area contributed by atoms with E-state index in [0.717, 1.165) is 18.2 Å². The second-order valence-electron chi connectivity index (χ2n) is 6.01.